The summed E-state index contributed by atoms with van der Waals surface area (Å²) in [6.07, 6.45) is 4.77. The van der Waals surface area contributed by atoms with Crippen LogP contribution in [-0.4, -0.2) is 37.9 Å². The molecule has 2 atom stereocenters. The van der Waals surface area contributed by atoms with E-state index in [2.05, 4.69) is 15.4 Å². The van der Waals surface area contributed by atoms with Crippen LogP contribution in [0, 0.1) is 6.92 Å². The molecule has 2 aromatic rings. The lowest BCUT2D eigenvalue weighted by atomic mass is 9.92. The van der Waals surface area contributed by atoms with Crippen molar-refractivity contribution in [3.05, 3.63) is 23.5 Å². The summed E-state index contributed by atoms with van der Waals surface area (Å²) in [4.78, 5) is 16.6. The first-order valence-electron chi connectivity index (χ1n) is 7.34. The molecule has 6 heteroatoms. The number of nitrogens with zero attached hydrogens (tertiary/aromatic N) is 3. The summed E-state index contributed by atoms with van der Waals surface area (Å²) < 4.78 is 1.71. The smallest absolute Gasteiger partial charge is 0.253 e. The van der Waals surface area contributed by atoms with Crippen molar-refractivity contribution in [2.45, 2.75) is 44.8 Å². The highest BCUT2D eigenvalue weighted by Crippen LogP contribution is 2.20. The van der Waals surface area contributed by atoms with Crippen molar-refractivity contribution in [1.29, 1.82) is 0 Å². The van der Waals surface area contributed by atoms with E-state index in [4.69, 9.17) is 0 Å². The molecule has 112 valence electrons. The van der Waals surface area contributed by atoms with Gasteiger partial charge in [0.05, 0.1) is 23.4 Å². The van der Waals surface area contributed by atoms with Crippen molar-refractivity contribution in [1.82, 2.24) is 20.1 Å². The molecule has 1 saturated carbocycles. The van der Waals surface area contributed by atoms with E-state index in [0.717, 1.165) is 42.4 Å². The van der Waals surface area contributed by atoms with Crippen LogP contribution in [0.3, 0.4) is 0 Å². The van der Waals surface area contributed by atoms with E-state index >= 15 is 0 Å². The third-order valence-electron chi connectivity index (χ3n) is 4.17. The molecule has 0 unspecified atom stereocenters. The maximum Gasteiger partial charge on any atom is 0.253 e. The molecule has 1 aliphatic rings. The number of fused-ring (bicyclic) bond motifs is 1. The summed E-state index contributed by atoms with van der Waals surface area (Å²) in [5.74, 6) is -0.182. The number of hydrogen-bond acceptors (Lipinski definition) is 4. The Morgan fingerprint density at radius 3 is 2.95 bits per heavy atom. The summed E-state index contributed by atoms with van der Waals surface area (Å²) in [6.45, 7) is 1.90. The SMILES string of the molecule is Cc1nn(C)c2ncc(C(=O)N[C@H]3CCCC[C@@H]3O)cc12. The predicted molar refractivity (Wildman–Crippen MR) is 79.0 cm³/mol. The van der Waals surface area contributed by atoms with Gasteiger partial charge < -0.3 is 10.4 Å². The number of amides is 1. The van der Waals surface area contributed by atoms with E-state index < -0.39 is 6.10 Å². The second-order valence-corrected chi connectivity index (χ2v) is 5.74. The van der Waals surface area contributed by atoms with Crippen LogP contribution in [0.25, 0.3) is 11.0 Å². The number of aryl methyl sites for hydroxylation is 2. The summed E-state index contributed by atoms with van der Waals surface area (Å²) in [6, 6.07) is 1.66. The summed E-state index contributed by atoms with van der Waals surface area (Å²) in [7, 11) is 1.83. The second-order valence-electron chi connectivity index (χ2n) is 5.74. The van der Waals surface area contributed by atoms with Crippen molar-refractivity contribution in [3.63, 3.8) is 0 Å². The Labute approximate surface area is 123 Å². The lowest BCUT2D eigenvalue weighted by Gasteiger charge is -2.28. The van der Waals surface area contributed by atoms with E-state index in [0.29, 0.717) is 5.56 Å². The molecule has 0 spiro atoms. The van der Waals surface area contributed by atoms with Crippen LogP contribution in [0.5, 0.6) is 0 Å². The van der Waals surface area contributed by atoms with Gasteiger partial charge in [0.1, 0.15) is 0 Å². The minimum atomic E-state index is -0.445. The zero-order chi connectivity index (χ0) is 15.0. The number of carbonyl (C=O) groups is 1. The van der Waals surface area contributed by atoms with Gasteiger partial charge >= 0.3 is 0 Å². The van der Waals surface area contributed by atoms with Gasteiger partial charge in [-0.1, -0.05) is 12.8 Å². The van der Waals surface area contributed by atoms with Gasteiger partial charge in [0.2, 0.25) is 0 Å². The number of rotatable bonds is 2. The van der Waals surface area contributed by atoms with Gasteiger partial charge in [-0.25, -0.2) is 4.98 Å². The average Bonchev–Trinajstić information content (AvgIpc) is 2.76. The van der Waals surface area contributed by atoms with Crippen LogP contribution in [0.1, 0.15) is 41.7 Å². The van der Waals surface area contributed by atoms with Gasteiger partial charge in [0.25, 0.3) is 5.91 Å². The van der Waals surface area contributed by atoms with Crippen LogP contribution < -0.4 is 5.32 Å². The molecular formula is C15H20N4O2. The largest absolute Gasteiger partial charge is 0.391 e. The first-order valence-corrected chi connectivity index (χ1v) is 7.34. The minimum absolute atomic E-state index is 0.156. The Morgan fingerprint density at radius 2 is 2.19 bits per heavy atom. The number of aliphatic hydroxyl groups excluding tert-OH is 1. The maximum absolute atomic E-state index is 12.3. The Hall–Kier alpha value is -1.95. The van der Waals surface area contributed by atoms with Gasteiger partial charge in [0.15, 0.2) is 5.65 Å². The topological polar surface area (TPSA) is 80.0 Å². The molecule has 2 heterocycles. The second kappa shape index (κ2) is 5.44. The summed E-state index contributed by atoms with van der Waals surface area (Å²) in [5.41, 5.74) is 2.13. The lowest BCUT2D eigenvalue weighted by molar-refractivity contribution is 0.0717. The highest BCUT2D eigenvalue weighted by atomic mass is 16.3. The molecule has 21 heavy (non-hydrogen) atoms. The Kier molecular flexibility index (Phi) is 3.63. The van der Waals surface area contributed by atoms with Gasteiger partial charge in [-0.3, -0.25) is 9.48 Å². The molecule has 6 nitrogen and oxygen atoms in total. The fourth-order valence-corrected chi connectivity index (χ4v) is 2.96. The molecule has 1 amide bonds. The zero-order valence-electron chi connectivity index (χ0n) is 12.3. The molecule has 0 bridgehead atoms. The zero-order valence-corrected chi connectivity index (χ0v) is 12.3. The molecule has 0 saturated heterocycles. The highest BCUT2D eigenvalue weighted by molar-refractivity contribution is 5.97. The standard InChI is InChI=1S/C15H20N4O2/c1-9-11-7-10(8-16-14(11)19(2)18-9)15(21)17-12-5-3-4-6-13(12)20/h7-8,12-13,20H,3-6H2,1-2H3,(H,17,21)/t12-,13-/m0/s1. The van der Waals surface area contributed by atoms with Crippen LogP contribution in [0.2, 0.25) is 0 Å². The first-order chi connectivity index (χ1) is 10.1. The number of pyridine rings is 1. The fraction of sp³-hybridized carbons (Fsp3) is 0.533. The van der Waals surface area contributed by atoms with Crippen molar-refractivity contribution in [3.8, 4) is 0 Å². The highest BCUT2D eigenvalue weighted by Gasteiger charge is 2.25. The lowest BCUT2D eigenvalue weighted by Crippen LogP contribution is -2.45. The van der Waals surface area contributed by atoms with E-state index in [-0.39, 0.29) is 11.9 Å². The van der Waals surface area contributed by atoms with Crippen molar-refractivity contribution in [2.24, 2.45) is 7.05 Å². The molecule has 0 aromatic carbocycles. The Morgan fingerprint density at radius 1 is 1.43 bits per heavy atom. The third kappa shape index (κ3) is 2.63. The number of carbonyl (C=O) groups excluding carboxylic acids is 1. The minimum Gasteiger partial charge on any atom is -0.391 e. The van der Waals surface area contributed by atoms with E-state index in [1.165, 1.54) is 0 Å². The summed E-state index contributed by atoms with van der Waals surface area (Å²) >= 11 is 0. The van der Waals surface area contributed by atoms with E-state index in [1.807, 2.05) is 20.0 Å². The molecule has 1 aliphatic carbocycles. The molecule has 0 aliphatic heterocycles. The van der Waals surface area contributed by atoms with Crippen LogP contribution in [0.4, 0.5) is 0 Å². The molecular weight excluding hydrogens is 268 g/mol. The monoisotopic (exact) mass is 288 g/mol. The van der Waals surface area contributed by atoms with E-state index in [1.54, 1.807) is 10.9 Å². The predicted octanol–water partition coefficient (Wildman–Crippen LogP) is 1.31. The molecule has 3 rings (SSSR count). The van der Waals surface area contributed by atoms with Crippen LogP contribution >= 0.6 is 0 Å². The Balaban J connectivity index is 1.82. The van der Waals surface area contributed by atoms with Gasteiger partial charge in [-0.2, -0.15) is 5.10 Å². The molecule has 0 radical (unpaired) electrons. The summed E-state index contributed by atoms with van der Waals surface area (Å²) in [5, 5.41) is 18.0. The van der Waals surface area contributed by atoms with Crippen molar-refractivity contribution >= 4 is 16.9 Å². The average molecular weight is 288 g/mol. The number of aromatic nitrogens is 3. The van der Waals surface area contributed by atoms with E-state index in [9.17, 15) is 9.90 Å². The van der Waals surface area contributed by atoms with Gasteiger partial charge in [-0.05, 0) is 25.8 Å². The van der Waals surface area contributed by atoms with Crippen molar-refractivity contribution in [2.75, 3.05) is 0 Å². The molecule has 2 N–H and O–H groups in total. The van der Waals surface area contributed by atoms with Crippen LogP contribution in [-0.2, 0) is 7.05 Å². The quantitative estimate of drug-likeness (QED) is 0.873. The normalized spacial score (nSPS) is 22.4. The first kappa shape index (κ1) is 14.0. The van der Waals surface area contributed by atoms with Gasteiger partial charge in [0, 0.05) is 18.6 Å². The third-order valence-corrected chi connectivity index (χ3v) is 4.17. The number of hydrogen-bond donors (Lipinski definition) is 2. The van der Waals surface area contributed by atoms with Crippen molar-refractivity contribution < 1.29 is 9.90 Å². The Bertz CT molecular complexity index is 680. The fourth-order valence-electron chi connectivity index (χ4n) is 2.96. The maximum atomic E-state index is 12.3. The van der Waals surface area contributed by atoms with Crippen LogP contribution in [0.15, 0.2) is 12.3 Å². The number of aliphatic hydroxyl groups is 1. The molecule has 1 fully saturated rings. The molecule has 2 aromatic heterocycles. The van der Waals surface area contributed by atoms with Gasteiger partial charge in [-0.15, -0.1) is 0 Å². The number of nitrogens with one attached hydrogen (secondary N) is 1.